The van der Waals surface area contributed by atoms with Crippen molar-refractivity contribution >= 4 is 43.6 Å². The molecule has 19 rings (SSSR count). The molecule has 11 heteroatoms. The second-order valence-corrected chi connectivity index (χ2v) is 31.2. The average Bonchev–Trinajstić information content (AvgIpc) is 1.48. The zero-order valence-electron chi connectivity index (χ0n) is 64.9. The number of para-hydroxylation sites is 2. The van der Waals surface area contributed by atoms with Gasteiger partial charge in [-0.2, -0.15) is 26.3 Å². The molecular formula is C107H75F6N5. The highest BCUT2D eigenvalue weighted by Crippen LogP contribution is 2.51. The summed E-state index contributed by atoms with van der Waals surface area (Å²) in [5.41, 5.74) is 22.2. The first-order valence-corrected chi connectivity index (χ1v) is 39.4. The molecule has 0 saturated heterocycles. The fourth-order valence-corrected chi connectivity index (χ4v) is 16.9. The quantitative estimate of drug-likeness (QED) is 0.0906. The first-order chi connectivity index (χ1) is 57.3. The Hall–Kier alpha value is -14.3. The topological polar surface area (TPSA) is 48.5 Å². The summed E-state index contributed by atoms with van der Waals surface area (Å²) < 4.78 is 94.8. The summed E-state index contributed by atoms with van der Waals surface area (Å²) in [6.45, 7) is 4.82. The van der Waals surface area contributed by atoms with E-state index >= 15 is 26.3 Å². The maximum Gasteiger partial charge on any atom is 0.397 e. The summed E-state index contributed by atoms with van der Waals surface area (Å²) in [6, 6.07) is 124. The van der Waals surface area contributed by atoms with Crippen LogP contribution in [0, 0.1) is 0 Å². The van der Waals surface area contributed by atoms with Gasteiger partial charge in [-0.3, -0.25) is 15.0 Å². The predicted octanol–water partition coefficient (Wildman–Crippen LogP) is 29.7. The van der Waals surface area contributed by atoms with Crippen LogP contribution in [-0.2, 0) is 10.8 Å². The van der Waals surface area contributed by atoms with Crippen LogP contribution in [0.2, 0.25) is 0 Å². The van der Waals surface area contributed by atoms with E-state index in [2.05, 4.69) is 264 Å². The average molecular weight is 1540 g/mol. The monoisotopic (exact) mass is 1540 g/mol. The molecule has 0 unspecified atom stereocenters. The van der Waals surface area contributed by atoms with Crippen molar-refractivity contribution in [1.29, 1.82) is 0 Å². The molecule has 5 heterocycles. The second-order valence-electron chi connectivity index (χ2n) is 31.2. The van der Waals surface area contributed by atoms with Gasteiger partial charge < -0.3 is 9.13 Å². The maximum atomic E-state index is 15.0. The van der Waals surface area contributed by atoms with E-state index < -0.39 is 23.2 Å². The number of benzene rings is 14. The van der Waals surface area contributed by atoms with Gasteiger partial charge in [-0.1, -0.05) is 255 Å². The van der Waals surface area contributed by atoms with Crippen molar-refractivity contribution in [2.45, 2.75) is 50.9 Å². The lowest BCUT2D eigenvalue weighted by atomic mass is 9.83. The summed E-state index contributed by atoms with van der Waals surface area (Å²) in [6.07, 6.45) is -4.33. The van der Waals surface area contributed by atoms with Crippen LogP contribution in [0.5, 0.6) is 0 Å². The van der Waals surface area contributed by atoms with E-state index in [9.17, 15) is 0 Å². The van der Waals surface area contributed by atoms with Gasteiger partial charge in [0.25, 0.3) is 0 Å². The minimum atomic E-state index is -4.54. The van der Waals surface area contributed by atoms with Gasteiger partial charge in [0.05, 0.1) is 61.4 Å². The lowest BCUT2D eigenvalue weighted by Crippen LogP contribution is -2.36. The fraction of sp³-hybridized carbons (Fsp3) is 0.0748. The second kappa shape index (κ2) is 29.5. The van der Waals surface area contributed by atoms with Crippen molar-refractivity contribution in [3.05, 3.63) is 394 Å². The van der Waals surface area contributed by atoms with Gasteiger partial charge >= 0.3 is 12.4 Å². The first kappa shape index (κ1) is 73.9. The molecule has 570 valence electrons. The number of fused-ring (bicyclic) bond motifs is 6. The third-order valence-corrected chi connectivity index (χ3v) is 23.6. The van der Waals surface area contributed by atoms with Crippen molar-refractivity contribution in [2.24, 2.45) is 0 Å². The minimum absolute atomic E-state index is 0.0931. The van der Waals surface area contributed by atoms with Crippen molar-refractivity contribution in [3.8, 4) is 145 Å². The highest BCUT2D eigenvalue weighted by Gasteiger charge is 2.50. The first-order valence-electron chi connectivity index (χ1n) is 39.4. The molecule has 14 aromatic carbocycles. The summed E-state index contributed by atoms with van der Waals surface area (Å²) >= 11 is 0. The van der Waals surface area contributed by atoms with E-state index in [1.165, 1.54) is 52.2 Å². The highest BCUT2D eigenvalue weighted by molar-refractivity contribution is 6.13. The third-order valence-electron chi connectivity index (χ3n) is 23.6. The molecule has 0 aliphatic heterocycles. The lowest BCUT2D eigenvalue weighted by molar-refractivity contribution is -0.180. The van der Waals surface area contributed by atoms with Gasteiger partial charge in [-0.15, -0.1) is 0 Å². The normalized spacial score (nSPS) is 12.2. The van der Waals surface area contributed by atoms with Crippen molar-refractivity contribution in [3.63, 3.8) is 0 Å². The van der Waals surface area contributed by atoms with Crippen LogP contribution in [0.1, 0.15) is 38.8 Å². The third kappa shape index (κ3) is 13.2. The fourth-order valence-electron chi connectivity index (χ4n) is 16.9. The number of pyridine rings is 3. The Kier molecular flexibility index (Phi) is 18.5. The van der Waals surface area contributed by atoms with E-state index in [0.717, 1.165) is 166 Å². The van der Waals surface area contributed by atoms with Crippen LogP contribution in [0.4, 0.5) is 26.3 Å². The van der Waals surface area contributed by atoms with E-state index in [4.69, 9.17) is 15.0 Å². The van der Waals surface area contributed by atoms with Crippen LogP contribution >= 0.6 is 0 Å². The summed E-state index contributed by atoms with van der Waals surface area (Å²) in [5, 5.41) is 4.09. The number of nitrogens with zero attached hydrogens (tertiary/aromatic N) is 5. The van der Waals surface area contributed by atoms with Gasteiger partial charge in [-0.05, 0) is 237 Å². The zero-order valence-corrected chi connectivity index (χ0v) is 64.9. The van der Waals surface area contributed by atoms with E-state index in [-0.39, 0.29) is 11.1 Å². The number of rotatable bonds is 16. The summed E-state index contributed by atoms with van der Waals surface area (Å²) in [5.74, 6) is 0. The molecule has 0 spiro atoms. The molecule has 0 aliphatic carbocycles. The SMILES string of the molecule is CC(C)(c1ccnc(-c2ccc(-c3ccccc3-c3cc(-c4ccccc4-c4ccc(-c5ccccn5)cc4-c4ccccc4)cc(-c4ccccc4-c4ccc(-c5cc(C(C)(C)C(F)(F)F)ccn5)cc4-n4c5ccccc5c5cc(-c6ccccc6)ccc54)c3)c(-n3c4ccccc4c4cc(-c5ccccc5)ccc43)c2)c1)C(F)(F)F. The van der Waals surface area contributed by atoms with Gasteiger partial charge in [-0.25, -0.2) is 0 Å². The van der Waals surface area contributed by atoms with Gasteiger partial charge in [0.1, 0.15) is 0 Å². The molecule has 0 amide bonds. The maximum absolute atomic E-state index is 15.0. The van der Waals surface area contributed by atoms with E-state index in [0.29, 0.717) is 22.5 Å². The minimum Gasteiger partial charge on any atom is -0.309 e. The van der Waals surface area contributed by atoms with Crippen LogP contribution in [0.15, 0.2) is 383 Å². The van der Waals surface area contributed by atoms with Crippen LogP contribution in [-0.4, -0.2) is 36.4 Å². The van der Waals surface area contributed by atoms with E-state index in [1.807, 2.05) is 91.1 Å². The van der Waals surface area contributed by atoms with Crippen LogP contribution in [0.3, 0.4) is 0 Å². The Balaban J connectivity index is 0.867. The molecule has 0 atom stereocenters. The summed E-state index contributed by atoms with van der Waals surface area (Å²) in [7, 11) is 0. The molecule has 118 heavy (non-hydrogen) atoms. The van der Waals surface area contributed by atoms with Crippen LogP contribution in [0.25, 0.3) is 189 Å². The Morgan fingerprint density at radius 1 is 0.203 bits per heavy atom. The molecular weight excluding hydrogens is 1470 g/mol. The standard InChI is InChI=1S/C107H75F6N5/c1-104(2,106(108,109)110)79-53-56-115-96(66-79)74-44-49-90(102(64-74)117-98-41-22-20-38-88(98)93-61-71(46-51-100(93)117)68-26-8-5-9-27-68)85-36-18-15-33-82(85)77-58-76(81-32-14-17-35-84(81)87-48-43-73(95-40-24-25-55-114-95)63-92(87)70-30-12-7-13-31-70)59-78(60-77)83-34-16-19-37-86(83)91-50-45-75(97-67-80(54-57-116-97)105(3,4)107(111,112)113)65-103(91)118-99-42-23-21-39-89(99)94-62-72(47-52-101(94)118)69-28-10-6-11-29-69/h5-67H,1-4H3. The lowest BCUT2D eigenvalue weighted by Gasteiger charge is -2.28. The van der Waals surface area contributed by atoms with Crippen molar-refractivity contribution in [1.82, 2.24) is 24.1 Å². The molecule has 0 saturated carbocycles. The molecule has 5 aromatic heterocycles. The Labute approximate surface area is 679 Å². The molecule has 19 aromatic rings. The van der Waals surface area contributed by atoms with Gasteiger partial charge in [0.2, 0.25) is 0 Å². The molecule has 0 N–H and O–H groups in total. The van der Waals surface area contributed by atoms with Crippen molar-refractivity contribution in [2.75, 3.05) is 0 Å². The summed E-state index contributed by atoms with van der Waals surface area (Å²) in [4.78, 5) is 14.4. The number of hydrogen-bond acceptors (Lipinski definition) is 3. The highest BCUT2D eigenvalue weighted by atomic mass is 19.4. The molecule has 0 radical (unpaired) electrons. The Bertz CT molecular complexity index is 6740. The Morgan fingerprint density at radius 2 is 0.534 bits per heavy atom. The molecule has 0 fully saturated rings. The molecule has 0 aliphatic rings. The number of halogens is 6. The number of alkyl halides is 6. The van der Waals surface area contributed by atoms with Gasteiger partial charge in [0.15, 0.2) is 0 Å². The molecule has 0 bridgehead atoms. The zero-order chi connectivity index (χ0) is 80.6. The van der Waals surface area contributed by atoms with Gasteiger partial charge in [0, 0.05) is 68.0 Å². The smallest absolute Gasteiger partial charge is 0.309 e. The number of aromatic nitrogens is 5. The Morgan fingerprint density at radius 3 is 0.949 bits per heavy atom. The predicted molar refractivity (Wildman–Crippen MR) is 472 cm³/mol. The van der Waals surface area contributed by atoms with Crippen LogP contribution < -0.4 is 0 Å². The number of hydrogen-bond donors (Lipinski definition) is 0. The van der Waals surface area contributed by atoms with E-state index in [1.54, 1.807) is 12.1 Å². The van der Waals surface area contributed by atoms with Crippen molar-refractivity contribution < 1.29 is 26.3 Å². The largest absolute Gasteiger partial charge is 0.397 e. The molecule has 5 nitrogen and oxygen atoms in total.